The van der Waals surface area contributed by atoms with E-state index in [1.807, 2.05) is 13.8 Å². The molecule has 1 aromatic rings. The van der Waals surface area contributed by atoms with Gasteiger partial charge in [-0.25, -0.2) is 13.2 Å². The summed E-state index contributed by atoms with van der Waals surface area (Å²) in [7, 11) is -3.31. The molecule has 1 aromatic carbocycles. The third-order valence-electron chi connectivity index (χ3n) is 4.33. The summed E-state index contributed by atoms with van der Waals surface area (Å²) in [5, 5.41) is 0. The lowest BCUT2D eigenvalue weighted by atomic mass is 9.97. The van der Waals surface area contributed by atoms with E-state index in [9.17, 15) is 18.0 Å². The number of nitrogens with zero attached hydrogens (tertiary/aromatic N) is 1. The first kappa shape index (κ1) is 18.4. The Kier molecular flexibility index (Phi) is 5.64. The Morgan fingerprint density at radius 3 is 2.17 bits per heavy atom. The highest BCUT2D eigenvalue weighted by Gasteiger charge is 2.29. The molecule has 1 aliphatic heterocycles. The molecule has 132 valence electrons. The van der Waals surface area contributed by atoms with Crippen LogP contribution in [0.2, 0.25) is 0 Å². The van der Waals surface area contributed by atoms with E-state index < -0.39 is 15.8 Å². The maximum absolute atomic E-state index is 12.3. The van der Waals surface area contributed by atoms with Crippen molar-refractivity contribution in [3.8, 4) is 0 Å². The third-order valence-corrected chi connectivity index (χ3v) is 5.45. The number of piperidine rings is 1. The summed E-state index contributed by atoms with van der Waals surface area (Å²) in [6.07, 6.45) is 4.10. The molecule has 0 bridgehead atoms. The van der Waals surface area contributed by atoms with Crippen LogP contribution in [-0.2, 0) is 19.4 Å². The molecule has 24 heavy (non-hydrogen) atoms. The van der Waals surface area contributed by atoms with Crippen LogP contribution in [0.5, 0.6) is 0 Å². The third kappa shape index (κ3) is 4.35. The van der Waals surface area contributed by atoms with Crippen molar-refractivity contribution in [2.24, 2.45) is 0 Å². The zero-order valence-electron chi connectivity index (χ0n) is 14.2. The lowest BCUT2D eigenvalue weighted by Crippen LogP contribution is -2.49. The molecule has 0 N–H and O–H groups in total. The van der Waals surface area contributed by atoms with Crippen LogP contribution in [0, 0.1) is 0 Å². The van der Waals surface area contributed by atoms with E-state index in [0.29, 0.717) is 0 Å². The first-order valence-electron chi connectivity index (χ1n) is 7.98. The van der Waals surface area contributed by atoms with Gasteiger partial charge in [0.1, 0.15) is 0 Å². The maximum atomic E-state index is 12.3. The topological polar surface area (TPSA) is 80.8 Å². The van der Waals surface area contributed by atoms with E-state index in [1.165, 1.54) is 24.3 Å². The average Bonchev–Trinajstić information content (AvgIpc) is 2.51. The molecule has 1 saturated heterocycles. The van der Waals surface area contributed by atoms with Crippen molar-refractivity contribution in [1.29, 1.82) is 0 Å². The van der Waals surface area contributed by atoms with Crippen LogP contribution >= 0.6 is 0 Å². The summed E-state index contributed by atoms with van der Waals surface area (Å²) in [6, 6.07) is 5.76. The van der Waals surface area contributed by atoms with Crippen molar-refractivity contribution in [3.63, 3.8) is 0 Å². The molecule has 0 aliphatic carbocycles. The molecular weight excluding hydrogens is 330 g/mol. The Hall–Kier alpha value is -1.89. The number of carbonyl (C=O) groups is 2. The Morgan fingerprint density at radius 2 is 1.67 bits per heavy atom. The van der Waals surface area contributed by atoms with Gasteiger partial charge >= 0.3 is 5.97 Å². The Balaban J connectivity index is 1.96. The minimum Gasteiger partial charge on any atom is -0.452 e. The van der Waals surface area contributed by atoms with Gasteiger partial charge in [0.05, 0.1) is 10.5 Å². The first-order chi connectivity index (χ1) is 11.2. The van der Waals surface area contributed by atoms with Gasteiger partial charge in [0.25, 0.3) is 5.91 Å². The second kappa shape index (κ2) is 7.34. The summed E-state index contributed by atoms with van der Waals surface area (Å²) in [6.45, 7) is 3.69. The van der Waals surface area contributed by atoms with Crippen LogP contribution in [0.25, 0.3) is 0 Å². The number of benzene rings is 1. The van der Waals surface area contributed by atoms with Crippen molar-refractivity contribution in [2.45, 2.75) is 50.1 Å². The smallest absolute Gasteiger partial charge is 0.338 e. The van der Waals surface area contributed by atoms with Crippen molar-refractivity contribution in [1.82, 2.24) is 4.90 Å². The van der Waals surface area contributed by atoms with Gasteiger partial charge in [0, 0.05) is 18.3 Å². The number of amides is 1. The predicted octanol–water partition coefficient (Wildman–Crippen LogP) is 2.04. The van der Waals surface area contributed by atoms with E-state index in [4.69, 9.17) is 4.74 Å². The van der Waals surface area contributed by atoms with Crippen LogP contribution in [-0.4, -0.2) is 50.1 Å². The summed E-state index contributed by atoms with van der Waals surface area (Å²) in [4.78, 5) is 26.2. The predicted molar refractivity (Wildman–Crippen MR) is 89.5 cm³/mol. The van der Waals surface area contributed by atoms with E-state index >= 15 is 0 Å². The highest BCUT2D eigenvalue weighted by atomic mass is 32.2. The number of esters is 1. The molecule has 2 rings (SSSR count). The van der Waals surface area contributed by atoms with Gasteiger partial charge in [0.2, 0.25) is 0 Å². The summed E-state index contributed by atoms with van der Waals surface area (Å²) in [5.74, 6) is -0.837. The van der Waals surface area contributed by atoms with Gasteiger partial charge in [-0.3, -0.25) is 4.79 Å². The highest BCUT2D eigenvalue weighted by molar-refractivity contribution is 7.90. The fourth-order valence-electron chi connectivity index (χ4n) is 3.04. The minimum absolute atomic E-state index is 0.131. The molecule has 0 aromatic heterocycles. The van der Waals surface area contributed by atoms with E-state index in [2.05, 4.69) is 0 Å². The van der Waals surface area contributed by atoms with Crippen LogP contribution in [0.4, 0.5) is 0 Å². The Morgan fingerprint density at radius 1 is 1.12 bits per heavy atom. The number of ether oxygens (including phenoxy) is 1. The van der Waals surface area contributed by atoms with Crippen molar-refractivity contribution in [2.75, 3.05) is 12.9 Å². The number of sulfone groups is 1. The number of carbonyl (C=O) groups excluding carboxylic acids is 2. The van der Waals surface area contributed by atoms with Crippen molar-refractivity contribution < 1.29 is 22.7 Å². The quantitative estimate of drug-likeness (QED) is 0.774. The minimum atomic E-state index is -3.31. The molecule has 6 nitrogen and oxygen atoms in total. The fourth-order valence-corrected chi connectivity index (χ4v) is 3.67. The molecule has 7 heteroatoms. The lowest BCUT2D eigenvalue weighted by molar-refractivity contribution is -0.140. The van der Waals surface area contributed by atoms with Gasteiger partial charge in [-0.2, -0.15) is 0 Å². The molecule has 0 radical (unpaired) electrons. The monoisotopic (exact) mass is 353 g/mol. The van der Waals surface area contributed by atoms with Crippen molar-refractivity contribution in [3.05, 3.63) is 29.8 Å². The Bertz CT molecular complexity index is 701. The van der Waals surface area contributed by atoms with Crippen LogP contribution in [0.15, 0.2) is 29.2 Å². The zero-order chi connectivity index (χ0) is 17.9. The molecular formula is C17H23NO5S. The molecule has 1 fully saturated rings. The molecule has 0 saturated carbocycles. The van der Waals surface area contributed by atoms with Gasteiger partial charge in [-0.05, 0) is 57.4 Å². The van der Waals surface area contributed by atoms with Crippen LogP contribution in [0.3, 0.4) is 0 Å². The van der Waals surface area contributed by atoms with Gasteiger partial charge in [0.15, 0.2) is 16.4 Å². The summed E-state index contributed by atoms with van der Waals surface area (Å²) >= 11 is 0. The molecule has 1 amide bonds. The number of rotatable bonds is 4. The fraction of sp³-hybridized carbons (Fsp3) is 0.529. The van der Waals surface area contributed by atoms with Crippen molar-refractivity contribution >= 4 is 21.7 Å². The van der Waals surface area contributed by atoms with Gasteiger partial charge < -0.3 is 9.64 Å². The lowest BCUT2D eigenvalue weighted by Gasteiger charge is -2.38. The molecule has 1 heterocycles. The number of likely N-dealkylation sites (tertiary alicyclic amines) is 1. The molecule has 0 unspecified atom stereocenters. The SMILES string of the molecule is C[C@@H]1CCC[C@@H](C)N1C(=O)COC(=O)c1ccc(S(C)(=O)=O)cc1. The normalized spacial score (nSPS) is 21.4. The van der Waals surface area contributed by atoms with Crippen LogP contribution < -0.4 is 0 Å². The first-order valence-corrected chi connectivity index (χ1v) is 9.87. The Labute approximate surface area is 142 Å². The van der Waals surface area contributed by atoms with Crippen LogP contribution in [0.1, 0.15) is 43.5 Å². The standard InChI is InChI=1S/C17H23NO5S/c1-12-5-4-6-13(2)18(12)16(19)11-23-17(20)14-7-9-15(10-8-14)24(3,21)22/h7-10,12-13H,4-6,11H2,1-3H3/t12-,13-/m1/s1. The molecule has 2 atom stereocenters. The molecule has 1 aliphatic rings. The van der Waals surface area contributed by atoms with E-state index in [0.717, 1.165) is 25.5 Å². The largest absolute Gasteiger partial charge is 0.452 e. The summed E-state index contributed by atoms with van der Waals surface area (Å²) in [5.41, 5.74) is 0.218. The van der Waals surface area contributed by atoms with Gasteiger partial charge in [-0.15, -0.1) is 0 Å². The zero-order valence-corrected chi connectivity index (χ0v) is 15.0. The van der Waals surface area contributed by atoms with E-state index in [1.54, 1.807) is 4.90 Å². The number of hydrogen-bond donors (Lipinski definition) is 0. The number of hydrogen-bond acceptors (Lipinski definition) is 5. The average molecular weight is 353 g/mol. The second-order valence-electron chi connectivity index (χ2n) is 6.30. The highest BCUT2D eigenvalue weighted by Crippen LogP contribution is 2.22. The second-order valence-corrected chi connectivity index (χ2v) is 8.32. The maximum Gasteiger partial charge on any atom is 0.338 e. The summed E-state index contributed by atoms with van der Waals surface area (Å²) < 4.78 is 27.9. The van der Waals surface area contributed by atoms with E-state index in [-0.39, 0.29) is 35.1 Å². The molecule has 0 spiro atoms. The van der Waals surface area contributed by atoms with Gasteiger partial charge in [-0.1, -0.05) is 0 Å².